The highest BCUT2D eigenvalue weighted by Crippen LogP contribution is 2.32. The molecule has 8 heteroatoms. The van der Waals surface area contributed by atoms with Crippen molar-refractivity contribution in [3.63, 3.8) is 0 Å². The summed E-state index contributed by atoms with van der Waals surface area (Å²) in [5.74, 6) is 0.491. The molecule has 31 heavy (non-hydrogen) atoms. The first-order valence-electron chi connectivity index (χ1n) is 10.5. The Morgan fingerprint density at radius 3 is 2.65 bits per heavy atom. The Balaban J connectivity index is 1.18. The van der Waals surface area contributed by atoms with Crippen molar-refractivity contribution in [2.75, 3.05) is 49.9 Å². The lowest BCUT2D eigenvalue weighted by atomic mass is 10.1. The molecule has 4 rings (SSSR count). The lowest BCUT2D eigenvalue weighted by Crippen LogP contribution is -2.48. The minimum atomic E-state index is 0.0683. The first kappa shape index (κ1) is 22.4. The van der Waals surface area contributed by atoms with Crippen molar-refractivity contribution in [1.82, 2.24) is 15.2 Å². The fraction of sp³-hybridized carbons (Fsp3) is 0.391. The van der Waals surface area contributed by atoms with E-state index < -0.39 is 0 Å². The quantitative estimate of drug-likeness (QED) is 0.507. The largest absolute Gasteiger partial charge is 0.354 e. The van der Waals surface area contributed by atoms with Crippen LogP contribution in [-0.4, -0.2) is 60.8 Å². The topological polar surface area (TPSA) is 48.5 Å². The summed E-state index contributed by atoms with van der Waals surface area (Å²) in [5.41, 5.74) is 3.68. The number of carbonyl (C=O) groups is 1. The maximum absolute atomic E-state index is 12.1. The van der Waals surface area contributed by atoms with Crippen LogP contribution in [0.1, 0.15) is 11.1 Å². The fourth-order valence-electron chi connectivity index (χ4n) is 3.75. The number of amides is 1. The van der Waals surface area contributed by atoms with E-state index in [1.54, 1.807) is 11.3 Å². The van der Waals surface area contributed by atoms with Gasteiger partial charge in [-0.3, -0.25) is 9.69 Å². The summed E-state index contributed by atoms with van der Waals surface area (Å²) < 4.78 is 1.29. The van der Waals surface area contributed by atoms with E-state index in [1.807, 2.05) is 24.3 Å². The molecule has 1 aliphatic heterocycles. The van der Waals surface area contributed by atoms with Gasteiger partial charge in [0.2, 0.25) is 5.91 Å². The molecule has 0 unspecified atom stereocenters. The standard InChI is InChI=1S/C23H27ClN4OS2/c1-16-13-17(2)22-20(14-16)26-23(31-22)28-11-9-27(10-12-28)8-7-25-21(29)15-30-19-5-3-18(24)4-6-19/h3-6,13-14H,7-12,15H2,1-2H3,(H,25,29). The maximum atomic E-state index is 12.1. The Hall–Kier alpha value is -1.80. The zero-order valence-corrected chi connectivity index (χ0v) is 20.2. The molecule has 1 aliphatic rings. The van der Waals surface area contributed by atoms with Crippen LogP contribution in [0.4, 0.5) is 5.13 Å². The van der Waals surface area contributed by atoms with E-state index in [0.717, 1.165) is 48.3 Å². The number of fused-ring (bicyclic) bond motifs is 1. The molecule has 5 nitrogen and oxygen atoms in total. The molecule has 0 radical (unpaired) electrons. The first-order chi connectivity index (χ1) is 15.0. The van der Waals surface area contributed by atoms with Crippen molar-refractivity contribution in [3.8, 4) is 0 Å². The molecule has 1 saturated heterocycles. The van der Waals surface area contributed by atoms with E-state index in [4.69, 9.17) is 16.6 Å². The highest BCUT2D eigenvalue weighted by atomic mass is 35.5. The summed E-state index contributed by atoms with van der Waals surface area (Å²) in [4.78, 5) is 22.8. The molecule has 1 N–H and O–H groups in total. The Bertz CT molecular complexity index is 1050. The molecule has 0 spiro atoms. The number of carbonyl (C=O) groups excluding carboxylic acids is 1. The molecule has 0 atom stereocenters. The van der Waals surface area contributed by atoms with Crippen LogP contribution in [0.2, 0.25) is 5.02 Å². The molecule has 0 bridgehead atoms. The number of hydrogen-bond acceptors (Lipinski definition) is 6. The minimum Gasteiger partial charge on any atom is -0.354 e. The van der Waals surface area contributed by atoms with Crippen molar-refractivity contribution in [3.05, 3.63) is 52.5 Å². The van der Waals surface area contributed by atoms with Gasteiger partial charge >= 0.3 is 0 Å². The summed E-state index contributed by atoms with van der Waals surface area (Å²) in [5, 5.41) is 4.86. The van der Waals surface area contributed by atoms with E-state index in [9.17, 15) is 4.79 Å². The molecule has 0 aliphatic carbocycles. The van der Waals surface area contributed by atoms with Crippen molar-refractivity contribution in [2.24, 2.45) is 0 Å². The van der Waals surface area contributed by atoms with Gasteiger partial charge in [-0.2, -0.15) is 0 Å². The summed E-state index contributed by atoms with van der Waals surface area (Å²) in [7, 11) is 0. The van der Waals surface area contributed by atoms with Crippen LogP contribution < -0.4 is 10.2 Å². The predicted octanol–water partition coefficient (Wildman–Crippen LogP) is 4.60. The number of thioether (sulfide) groups is 1. The number of benzene rings is 2. The van der Waals surface area contributed by atoms with Crippen molar-refractivity contribution < 1.29 is 4.79 Å². The number of rotatable bonds is 7. The van der Waals surface area contributed by atoms with E-state index in [0.29, 0.717) is 17.3 Å². The summed E-state index contributed by atoms with van der Waals surface area (Å²) in [6, 6.07) is 12.0. The van der Waals surface area contributed by atoms with Gasteiger partial charge in [0.15, 0.2) is 5.13 Å². The van der Waals surface area contributed by atoms with E-state index in [-0.39, 0.29) is 5.91 Å². The lowest BCUT2D eigenvalue weighted by molar-refractivity contribution is -0.118. The number of hydrogen-bond donors (Lipinski definition) is 1. The summed E-state index contributed by atoms with van der Waals surface area (Å²) in [6.45, 7) is 9.77. The van der Waals surface area contributed by atoms with E-state index >= 15 is 0 Å². The first-order valence-corrected chi connectivity index (χ1v) is 12.7. The number of nitrogens with zero attached hydrogens (tertiary/aromatic N) is 3. The number of halogens is 1. The molecule has 3 aromatic rings. The molecular formula is C23H27ClN4OS2. The average molecular weight is 475 g/mol. The van der Waals surface area contributed by atoms with Gasteiger partial charge in [0.05, 0.1) is 16.0 Å². The molecule has 2 heterocycles. The van der Waals surface area contributed by atoms with Crippen molar-refractivity contribution in [2.45, 2.75) is 18.7 Å². The van der Waals surface area contributed by atoms with Gasteiger partial charge < -0.3 is 10.2 Å². The van der Waals surface area contributed by atoms with Crippen molar-refractivity contribution in [1.29, 1.82) is 0 Å². The third kappa shape index (κ3) is 5.92. The predicted molar refractivity (Wildman–Crippen MR) is 133 cm³/mol. The SMILES string of the molecule is Cc1cc(C)c2sc(N3CCN(CCNC(=O)CSc4ccc(Cl)cc4)CC3)nc2c1. The van der Waals surface area contributed by atoms with Crippen LogP contribution in [0.15, 0.2) is 41.3 Å². The van der Waals surface area contributed by atoms with Crippen LogP contribution in [-0.2, 0) is 4.79 Å². The maximum Gasteiger partial charge on any atom is 0.230 e. The van der Waals surface area contributed by atoms with Crippen LogP contribution in [0, 0.1) is 13.8 Å². The molecule has 164 valence electrons. The normalized spacial score (nSPS) is 14.9. The number of thiazole rings is 1. The van der Waals surface area contributed by atoms with Gasteiger partial charge in [0, 0.05) is 49.2 Å². The molecule has 0 saturated carbocycles. The second-order valence-corrected chi connectivity index (χ2v) is 10.3. The van der Waals surface area contributed by atoms with Gasteiger partial charge in [-0.05, 0) is 55.3 Å². The number of nitrogens with one attached hydrogen (secondary N) is 1. The monoisotopic (exact) mass is 474 g/mol. The second-order valence-electron chi connectivity index (χ2n) is 7.85. The highest BCUT2D eigenvalue weighted by molar-refractivity contribution is 8.00. The zero-order valence-electron chi connectivity index (χ0n) is 17.9. The van der Waals surface area contributed by atoms with Gasteiger partial charge in [-0.25, -0.2) is 4.98 Å². The molecule has 1 amide bonds. The zero-order chi connectivity index (χ0) is 21.8. The Kier molecular flexibility index (Phi) is 7.38. The number of piperazine rings is 1. The lowest BCUT2D eigenvalue weighted by Gasteiger charge is -2.34. The molecule has 2 aromatic carbocycles. The number of aryl methyl sites for hydroxylation is 2. The smallest absolute Gasteiger partial charge is 0.230 e. The molecule has 1 aromatic heterocycles. The third-order valence-electron chi connectivity index (χ3n) is 5.39. The van der Waals surface area contributed by atoms with Gasteiger partial charge in [-0.15, -0.1) is 11.8 Å². The van der Waals surface area contributed by atoms with Gasteiger partial charge in [0.1, 0.15) is 0 Å². The minimum absolute atomic E-state index is 0.0683. The Labute approximate surface area is 196 Å². The number of anilines is 1. The summed E-state index contributed by atoms with van der Waals surface area (Å²) >= 11 is 9.22. The Morgan fingerprint density at radius 2 is 1.90 bits per heavy atom. The van der Waals surface area contributed by atoms with Crippen LogP contribution in [0.25, 0.3) is 10.2 Å². The van der Waals surface area contributed by atoms with E-state index in [1.165, 1.54) is 27.6 Å². The van der Waals surface area contributed by atoms with Crippen LogP contribution in [0.5, 0.6) is 0 Å². The van der Waals surface area contributed by atoms with Gasteiger partial charge in [0.25, 0.3) is 0 Å². The summed E-state index contributed by atoms with van der Waals surface area (Å²) in [6.07, 6.45) is 0. The fourth-order valence-corrected chi connectivity index (χ4v) is 5.67. The van der Waals surface area contributed by atoms with Crippen LogP contribution in [0.3, 0.4) is 0 Å². The van der Waals surface area contributed by atoms with E-state index in [2.05, 4.69) is 41.1 Å². The highest BCUT2D eigenvalue weighted by Gasteiger charge is 2.20. The third-order valence-corrected chi connectivity index (χ3v) is 7.92. The Morgan fingerprint density at radius 1 is 1.16 bits per heavy atom. The average Bonchev–Trinajstić information content (AvgIpc) is 3.18. The number of aromatic nitrogens is 1. The van der Waals surface area contributed by atoms with Crippen molar-refractivity contribution >= 4 is 56.0 Å². The van der Waals surface area contributed by atoms with Gasteiger partial charge in [-0.1, -0.05) is 29.0 Å². The van der Waals surface area contributed by atoms with Crippen LogP contribution >= 0.6 is 34.7 Å². The molecular weight excluding hydrogens is 448 g/mol. The second kappa shape index (κ2) is 10.2. The molecule has 1 fully saturated rings.